The van der Waals surface area contributed by atoms with Gasteiger partial charge in [-0.05, 0) is 25.9 Å². The molecule has 0 amide bonds. The quantitative estimate of drug-likeness (QED) is 0.843. The Kier molecular flexibility index (Phi) is 4.12. The molecule has 5 nitrogen and oxygen atoms in total. The van der Waals surface area contributed by atoms with Crippen LogP contribution in [0.4, 0.5) is 0 Å². The Balaban J connectivity index is 1.77. The van der Waals surface area contributed by atoms with Crippen LogP contribution >= 0.6 is 0 Å². The number of likely N-dealkylation sites (tertiary alicyclic amines) is 1. The Morgan fingerprint density at radius 1 is 1.53 bits per heavy atom. The molecule has 2 heterocycles. The van der Waals surface area contributed by atoms with Gasteiger partial charge < -0.3 is 14.7 Å². The molecule has 0 saturated carbocycles. The van der Waals surface area contributed by atoms with E-state index in [2.05, 4.69) is 34.3 Å². The third-order valence-corrected chi connectivity index (χ3v) is 3.58. The highest BCUT2D eigenvalue weighted by Gasteiger charge is 2.24. The van der Waals surface area contributed by atoms with E-state index in [1.807, 2.05) is 6.92 Å². The second kappa shape index (κ2) is 5.60. The Morgan fingerprint density at radius 3 is 2.94 bits per heavy atom. The highest BCUT2D eigenvalue weighted by molar-refractivity contribution is 4.87. The third-order valence-electron chi connectivity index (χ3n) is 3.58. The average molecular weight is 238 g/mol. The molecule has 1 aliphatic rings. The van der Waals surface area contributed by atoms with Crippen molar-refractivity contribution in [2.45, 2.75) is 32.7 Å². The molecule has 1 N–H and O–H groups in total. The predicted molar refractivity (Wildman–Crippen MR) is 65.8 cm³/mol. The van der Waals surface area contributed by atoms with Crippen LogP contribution < -0.4 is 5.32 Å². The van der Waals surface area contributed by atoms with E-state index in [4.69, 9.17) is 4.52 Å². The van der Waals surface area contributed by atoms with Crippen LogP contribution in [0.1, 0.15) is 25.1 Å². The van der Waals surface area contributed by atoms with Crippen LogP contribution in [0.15, 0.2) is 4.52 Å². The van der Waals surface area contributed by atoms with Crippen LogP contribution in [0.25, 0.3) is 0 Å². The van der Waals surface area contributed by atoms with Crippen LogP contribution in [-0.4, -0.2) is 47.8 Å². The number of aryl methyl sites for hydroxylation is 1. The number of hydrogen-bond acceptors (Lipinski definition) is 5. The zero-order valence-electron chi connectivity index (χ0n) is 10.9. The zero-order valence-corrected chi connectivity index (χ0v) is 10.9. The molecule has 96 valence electrons. The Hall–Kier alpha value is -0.940. The number of piperidine rings is 1. The minimum atomic E-state index is 0.655. The summed E-state index contributed by atoms with van der Waals surface area (Å²) in [6, 6.07) is 0.665. The van der Waals surface area contributed by atoms with E-state index in [9.17, 15) is 0 Å². The zero-order chi connectivity index (χ0) is 12.3. The summed E-state index contributed by atoms with van der Waals surface area (Å²) in [5, 5.41) is 7.31. The molecule has 0 bridgehead atoms. The van der Waals surface area contributed by atoms with Crippen molar-refractivity contribution in [3.05, 3.63) is 11.7 Å². The summed E-state index contributed by atoms with van der Waals surface area (Å²) >= 11 is 0. The molecular weight excluding hydrogens is 216 g/mol. The summed E-state index contributed by atoms with van der Waals surface area (Å²) in [5.74, 6) is 2.19. The molecule has 1 aromatic rings. The van der Waals surface area contributed by atoms with Gasteiger partial charge in [-0.3, -0.25) is 0 Å². The topological polar surface area (TPSA) is 54.2 Å². The van der Waals surface area contributed by atoms with Gasteiger partial charge in [0.05, 0.1) is 0 Å². The predicted octanol–water partition coefficient (Wildman–Crippen LogP) is 0.850. The summed E-state index contributed by atoms with van der Waals surface area (Å²) in [6.45, 7) is 7.48. The lowest BCUT2D eigenvalue weighted by molar-refractivity contribution is 0.152. The highest BCUT2D eigenvalue weighted by atomic mass is 16.5. The van der Waals surface area contributed by atoms with Crippen LogP contribution in [0.5, 0.6) is 0 Å². The standard InChI is InChI=1S/C12H22N4O/c1-9-8-16(6-4-11(9)13-3)7-5-12-14-10(2)17-15-12/h9,11,13H,4-8H2,1-3H3. The molecule has 17 heavy (non-hydrogen) atoms. The van der Waals surface area contributed by atoms with Gasteiger partial charge in [0, 0.05) is 32.5 Å². The van der Waals surface area contributed by atoms with Crippen LogP contribution in [-0.2, 0) is 6.42 Å². The van der Waals surface area contributed by atoms with Gasteiger partial charge in [-0.2, -0.15) is 4.98 Å². The number of nitrogens with zero attached hydrogens (tertiary/aromatic N) is 3. The van der Waals surface area contributed by atoms with Crippen LogP contribution in [0.3, 0.4) is 0 Å². The molecule has 2 atom stereocenters. The summed E-state index contributed by atoms with van der Waals surface area (Å²) in [7, 11) is 2.05. The summed E-state index contributed by atoms with van der Waals surface area (Å²) < 4.78 is 4.97. The van der Waals surface area contributed by atoms with E-state index in [-0.39, 0.29) is 0 Å². The first kappa shape index (κ1) is 12.5. The minimum absolute atomic E-state index is 0.655. The molecule has 5 heteroatoms. The molecule has 1 saturated heterocycles. The van der Waals surface area contributed by atoms with Crippen molar-refractivity contribution < 1.29 is 4.52 Å². The average Bonchev–Trinajstić information content (AvgIpc) is 2.73. The van der Waals surface area contributed by atoms with E-state index in [0.29, 0.717) is 17.9 Å². The van der Waals surface area contributed by atoms with Crippen LogP contribution in [0.2, 0.25) is 0 Å². The fourth-order valence-corrected chi connectivity index (χ4v) is 2.56. The summed E-state index contributed by atoms with van der Waals surface area (Å²) in [5.41, 5.74) is 0. The van der Waals surface area contributed by atoms with Gasteiger partial charge >= 0.3 is 0 Å². The molecule has 0 radical (unpaired) electrons. The molecule has 1 fully saturated rings. The largest absolute Gasteiger partial charge is 0.340 e. The molecule has 0 aromatic carbocycles. The van der Waals surface area contributed by atoms with E-state index in [0.717, 1.165) is 31.9 Å². The van der Waals surface area contributed by atoms with Gasteiger partial charge in [0.2, 0.25) is 5.89 Å². The number of aromatic nitrogens is 2. The maximum absolute atomic E-state index is 4.97. The lowest BCUT2D eigenvalue weighted by Crippen LogP contribution is -2.47. The van der Waals surface area contributed by atoms with Crippen molar-refractivity contribution in [3.63, 3.8) is 0 Å². The van der Waals surface area contributed by atoms with E-state index >= 15 is 0 Å². The molecule has 1 aromatic heterocycles. The second-order valence-electron chi connectivity index (χ2n) is 4.94. The van der Waals surface area contributed by atoms with Gasteiger partial charge in [-0.1, -0.05) is 12.1 Å². The molecule has 0 spiro atoms. The van der Waals surface area contributed by atoms with Gasteiger partial charge in [0.1, 0.15) is 0 Å². The van der Waals surface area contributed by atoms with Crippen molar-refractivity contribution in [2.24, 2.45) is 5.92 Å². The van der Waals surface area contributed by atoms with E-state index in [1.54, 1.807) is 0 Å². The first-order chi connectivity index (χ1) is 8.19. The summed E-state index contributed by atoms with van der Waals surface area (Å²) in [4.78, 5) is 6.72. The van der Waals surface area contributed by atoms with Gasteiger partial charge in [0.15, 0.2) is 5.82 Å². The molecular formula is C12H22N4O. The molecule has 0 aliphatic carbocycles. The van der Waals surface area contributed by atoms with Gasteiger partial charge in [0.25, 0.3) is 0 Å². The van der Waals surface area contributed by atoms with Crippen molar-refractivity contribution in [1.82, 2.24) is 20.4 Å². The monoisotopic (exact) mass is 238 g/mol. The van der Waals surface area contributed by atoms with E-state index < -0.39 is 0 Å². The fraction of sp³-hybridized carbons (Fsp3) is 0.833. The van der Waals surface area contributed by atoms with E-state index in [1.165, 1.54) is 6.42 Å². The molecule has 1 aliphatic heterocycles. The molecule has 2 unspecified atom stereocenters. The van der Waals surface area contributed by atoms with Crippen molar-refractivity contribution in [2.75, 3.05) is 26.7 Å². The second-order valence-corrected chi connectivity index (χ2v) is 4.94. The lowest BCUT2D eigenvalue weighted by Gasteiger charge is -2.36. The smallest absolute Gasteiger partial charge is 0.223 e. The number of rotatable bonds is 4. The van der Waals surface area contributed by atoms with Crippen LogP contribution in [0, 0.1) is 12.8 Å². The highest BCUT2D eigenvalue weighted by Crippen LogP contribution is 2.16. The lowest BCUT2D eigenvalue weighted by atomic mass is 9.94. The SMILES string of the molecule is CNC1CCN(CCc2noc(C)n2)CC1C. The number of nitrogens with one attached hydrogen (secondary N) is 1. The Bertz CT molecular complexity index is 352. The van der Waals surface area contributed by atoms with Crippen molar-refractivity contribution in [1.29, 1.82) is 0 Å². The third kappa shape index (κ3) is 3.26. The molecule has 2 rings (SSSR count). The summed E-state index contributed by atoms with van der Waals surface area (Å²) in [6.07, 6.45) is 2.11. The normalized spacial score (nSPS) is 26.3. The maximum Gasteiger partial charge on any atom is 0.223 e. The number of hydrogen-bond donors (Lipinski definition) is 1. The van der Waals surface area contributed by atoms with Crippen molar-refractivity contribution >= 4 is 0 Å². The Morgan fingerprint density at radius 2 is 2.35 bits per heavy atom. The fourth-order valence-electron chi connectivity index (χ4n) is 2.56. The first-order valence-electron chi connectivity index (χ1n) is 6.38. The van der Waals surface area contributed by atoms with Gasteiger partial charge in [-0.25, -0.2) is 0 Å². The maximum atomic E-state index is 4.97. The van der Waals surface area contributed by atoms with Crippen molar-refractivity contribution in [3.8, 4) is 0 Å². The Labute approximate surface area is 103 Å². The van der Waals surface area contributed by atoms with Gasteiger partial charge in [-0.15, -0.1) is 0 Å². The minimum Gasteiger partial charge on any atom is -0.340 e. The first-order valence-corrected chi connectivity index (χ1v) is 6.38.